The number of benzene rings is 1. The molecule has 0 saturated heterocycles. The summed E-state index contributed by atoms with van der Waals surface area (Å²) in [6.45, 7) is 3.53. The van der Waals surface area contributed by atoms with E-state index in [1.54, 1.807) is 12.1 Å². The van der Waals surface area contributed by atoms with Crippen molar-refractivity contribution in [1.82, 2.24) is 0 Å². The zero-order chi connectivity index (χ0) is 10.7. The highest BCUT2D eigenvalue weighted by atomic mass is 79.9. The monoisotopic (exact) mass is 292 g/mol. The van der Waals surface area contributed by atoms with Gasteiger partial charge in [0.05, 0.1) is 9.40 Å². The zero-order valence-electron chi connectivity index (χ0n) is 7.72. The van der Waals surface area contributed by atoms with Crippen molar-refractivity contribution >= 4 is 34.0 Å². The van der Waals surface area contributed by atoms with E-state index in [2.05, 4.69) is 22.5 Å². The summed E-state index contributed by atoms with van der Waals surface area (Å²) in [4.78, 5) is 10.1. The molecule has 6 heteroatoms. The average molecular weight is 294 g/mol. The van der Waals surface area contributed by atoms with Crippen LogP contribution in [0.15, 0.2) is 35.3 Å². The molecule has 1 aromatic rings. The van der Waals surface area contributed by atoms with Gasteiger partial charge in [0.25, 0.3) is 5.69 Å². The maximum Gasteiger partial charge on any atom is 0.283 e. The van der Waals surface area contributed by atoms with Crippen molar-refractivity contribution in [1.29, 1.82) is 0 Å². The Morgan fingerprint density at radius 3 is 2.67 bits per heavy atom. The fourth-order valence-electron chi connectivity index (χ4n) is 1.01. The Bertz CT molecular complexity index is 384. The lowest BCUT2D eigenvalue weighted by atomic mass is 10.1. The Morgan fingerprint density at radius 1 is 1.60 bits per heavy atom. The molecule has 1 rings (SSSR count). The molecule has 0 aliphatic carbocycles. The van der Waals surface area contributed by atoms with Crippen LogP contribution >= 0.6 is 28.3 Å². The zero-order valence-corrected chi connectivity index (χ0v) is 10.1. The van der Waals surface area contributed by atoms with Crippen molar-refractivity contribution in [2.75, 3.05) is 0 Å². The van der Waals surface area contributed by atoms with Crippen molar-refractivity contribution in [3.63, 3.8) is 0 Å². The molecule has 0 heterocycles. The van der Waals surface area contributed by atoms with Crippen LogP contribution in [0.25, 0.3) is 0 Å². The summed E-state index contributed by atoms with van der Waals surface area (Å²) >= 11 is 3.09. The van der Waals surface area contributed by atoms with E-state index in [9.17, 15) is 10.1 Å². The highest BCUT2D eigenvalue weighted by Gasteiger charge is 2.13. The van der Waals surface area contributed by atoms with Gasteiger partial charge in [0, 0.05) is 12.1 Å². The quantitative estimate of drug-likeness (QED) is 0.529. The number of rotatable bonds is 3. The fraction of sp³-hybridized carbons (Fsp3) is 0.111. The summed E-state index contributed by atoms with van der Waals surface area (Å²) in [5.41, 5.74) is 6.35. The molecular weight excluding hydrogens is 283 g/mol. The first-order chi connectivity index (χ1) is 6.56. The Morgan fingerprint density at radius 2 is 2.20 bits per heavy atom. The van der Waals surface area contributed by atoms with E-state index in [-0.39, 0.29) is 24.1 Å². The van der Waals surface area contributed by atoms with Gasteiger partial charge < -0.3 is 5.73 Å². The largest absolute Gasteiger partial charge is 0.321 e. The van der Waals surface area contributed by atoms with Gasteiger partial charge in [0.1, 0.15) is 0 Å². The van der Waals surface area contributed by atoms with Crippen molar-refractivity contribution in [2.45, 2.75) is 6.04 Å². The molecule has 0 unspecified atom stereocenters. The standard InChI is InChI=1S/C9H9BrN2O2.ClH/c1-2-8(11)6-3-4-7(10)9(5-6)12(13)14;/h2-5,8H,1,11H2;1H/t8-;/m0./s1. The summed E-state index contributed by atoms with van der Waals surface area (Å²) in [5, 5.41) is 10.6. The molecule has 1 aromatic carbocycles. The van der Waals surface area contributed by atoms with Crippen molar-refractivity contribution in [3.05, 3.63) is 51.0 Å². The molecule has 82 valence electrons. The van der Waals surface area contributed by atoms with Crippen LogP contribution in [0, 0.1) is 10.1 Å². The van der Waals surface area contributed by atoms with Crippen LogP contribution in [0.3, 0.4) is 0 Å². The Balaban J connectivity index is 0.00000196. The van der Waals surface area contributed by atoms with E-state index in [0.717, 1.165) is 0 Å². The van der Waals surface area contributed by atoms with Gasteiger partial charge in [-0.05, 0) is 27.6 Å². The number of halogens is 2. The van der Waals surface area contributed by atoms with Crippen molar-refractivity contribution in [3.8, 4) is 0 Å². The van der Waals surface area contributed by atoms with E-state index in [0.29, 0.717) is 10.0 Å². The summed E-state index contributed by atoms with van der Waals surface area (Å²) in [7, 11) is 0. The van der Waals surface area contributed by atoms with Gasteiger partial charge in [-0.25, -0.2) is 0 Å². The third kappa shape index (κ3) is 3.30. The maximum atomic E-state index is 10.6. The van der Waals surface area contributed by atoms with Crippen LogP contribution in [-0.4, -0.2) is 4.92 Å². The van der Waals surface area contributed by atoms with Gasteiger partial charge in [0.2, 0.25) is 0 Å². The molecular formula is C9H10BrClN2O2. The molecule has 0 radical (unpaired) electrons. The normalized spacial score (nSPS) is 11.3. The van der Waals surface area contributed by atoms with E-state index >= 15 is 0 Å². The minimum absolute atomic E-state index is 0. The van der Waals surface area contributed by atoms with E-state index in [1.165, 1.54) is 12.1 Å². The maximum absolute atomic E-state index is 10.6. The summed E-state index contributed by atoms with van der Waals surface area (Å²) in [6, 6.07) is 4.40. The second-order valence-corrected chi connectivity index (χ2v) is 3.58. The predicted molar refractivity (Wildman–Crippen MR) is 65.2 cm³/mol. The highest BCUT2D eigenvalue weighted by molar-refractivity contribution is 9.10. The first-order valence-corrected chi connectivity index (χ1v) is 4.67. The molecule has 1 atom stereocenters. The molecule has 0 fully saturated rings. The van der Waals surface area contributed by atoms with Gasteiger partial charge in [-0.1, -0.05) is 12.1 Å². The third-order valence-electron chi connectivity index (χ3n) is 1.81. The molecule has 0 aliphatic rings. The molecule has 4 nitrogen and oxygen atoms in total. The minimum atomic E-state index is -0.455. The van der Waals surface area contributed by atoms with Gasteiger partial charge in [-0.15, -0.1) is 19.0 Å². The van der Waals surface area contributed by atoms with E-state index in [1.807, 2.05) is 0 Å². The molecule has 0 aliphatic heterocycles. The number of nitro groups is 1. The second-order valence-electron chi connectivity index (χ2n) is 2.73. The van der Waals surface area contributed by atoms with Crippen molar-refractivity contribution in [2.24, 2.45) is 5.73 Å². The summed E-state index contributed by atoms with van der Waals surface area (Å²) in [5.74, 6) is 0. The topological polar surface area (TPSA) is 69.2 Å². The van der Waals surface area contributed by atoms with Gasteiger partial charge in [-0.2, -0.15) is 0 Å². The lowest BCUT2D eigenvalue weighted by Crippen LogP contribution is -2.06. The highest BCUT2D eigenvalue weighted by Crippen LogP contribution is 2.27. The van der Waals surface area contributed by atoms with Crippen molar-refractivity contribution < 1.29 is 4.92 Å². The number of nitrogens with zero attached hydrogens (tertiary/aromatic N) is 1. The Hall–Kier alpha value is -0.910. The van der Waals surface area contributed by atoms with Crippen LogP contribution in [0.1, 0.15) is 11.6 Å². The van der Waals surface area contributed by atoms with Crippen LogP contribution in [-0.2, 0) is 0 Å². The number of nitrogens with two attached hydrogens (primary N) is 1. The predicted octanol–water partition coefficient (Wildman–Crippen LogP) is 2.96. The van der Waals surface area contributed by atoms with Crippen LogP contribution < -0.4 is 5.73 Å². The molecule has 0 bridgehead atoms. The van der Waals surface area contributed by atoms with Crippen LogP contribution in [0.2, 0.25) is 0 Å². The molecule has 15 heavy (non-hydrogen) atoms. The first kappa shape index (κ1) is 14.1. The summed E-state index contributed by atoms with van der Waals surface area (Å²) < 4.78 is 0.447. The number of hydrogen-bond donors (Lipinski definition) is 1. The SMILES string of the molecule is C=C[C@H](N)c1ccc(Br)c([N+](=O)[O-])c1.Cl. The summed E-state index contributed by atoms with van der Waals surface area (Å²) in [6.07, 6.45) is 1.53. The molecule has 0 spiro atoms. The average Bonchev–Trinajstić information content (AvgIpc) is 2.17. The molecule has 0 amide bonds. The fourth-order valence-corrected chi connectivity index (χ4v) is 1.40. The lowest BCUT2D eigenvalue weighted by molar-refractivity contribution is -0.385. The van der Waals surface area contributed by atoms with Crippen LogP contribution in [0.5, 0.6) is 0 Å². The smallest absolute Gasteiger partial charge is 0.283 e. The first-order valence-electron chi connectivity index (χ1n) is 3.88. The molecule has 2 N–H and O–H groups in total. The Kier molecular flexibility index (Phi) is 5.49. The third-order valence-corrected chi connectivity index (χ3v) is 2.48. The van der Waals surface area contributed by atoms with Gasteiger partial charge in [0.15, 0.2) is 0 Å². The van der Waals surface area contributed by atoms with Gasteiger partial charge in [-0.3, -0.25) is 10.1 Å². The lowest BCUT2D eigenvalue weighted by Gasteiger charge is -2.06. The van der Waals surface area contributed by atoms with Gasteiger partial charge >= 0.3 is 0 Å². The Labute approximate surface area is 102 Å². The number of nitro benzene ring substituents is 1. The second kappa shape index (κ2) is 5.85. The molecule has 0 saturated carbocycles. The minimum Gasteiger partial charge on any atom is -0.321 e. The number of hydrogen-bond acceptors (Lipinski definition) is 3. The van der Waals surface area contributed by atoms with E-state index in [4.69, 9.17) is 5.73 Å². The van der Waals surface area contributed by atoms with E-state index < -0.39 is 4.92 Å². The van der Waals surface area contributed by atoms with Crippen LogP contribution in [0.4, 0.5) is 5.69 Å². The molecule has 0 aromatic heterocycles.